The molecule has 3 unspecified atom stereocenters. The third-order valence-corrected chi connectivity index (χ3v) is 6.89. The predicted molar refractivity (Wildman–Crippen MR) is 165 cm³/mol. The lowest BCUT2D eigenvalue weighted by Gasteiger charge is -2.36. The summed E-state index contributed by atoms with van der Waals surface area (Å²) < 4.78 is 18.9. The van der Waals surface area contributed by atoms with Crippen LogP contribution in [0.2, 0.25) is 5.02 Å². The first kappa shape index (κ1) is 31.7. The maximum Gasteiger partial charge on any atom is 0.0992 e. The summed E-state index contributed by atoms with van der Waals surface area (Å²) in [7, 11) is 0. The summed E-state index contributed by atoms with van der Waals surface area (Å²) >= 11 is 12.2. The van der Waals surface area contributed by atoms with Gasteiger partial charge in [-0.15, -0.1) is 0 Å². The number of hydrogen-bond donors (Lipinski definition) is 2. The van der Waals surface area contributed by atoms with Crippen molar-refractivity contribution in [2.75, 3.05) is 6.61 Å². The molecule has 3 atom stereocenters. The zero-order valence-electron chi connectivity index (χ0n) is 23.3. The molecule has 4 N–H and O–H groups in total. The van der Waals surface area contributed by atoms with E-state index in [1.807, 2.05) is 62.4 Å². The van der Waals surface area contributed by atoms with Gasteiger partial charge in [0.2, 0.25) is 0 Å². The number of rotatable bonds is 11. The number of nitrogens with two attached hydrogens (primary N) is 2. The van der Waals surface area contributed by atoms with Gasteiger partial charge in [-0.05, 0) is 40.5 Å². The fourth-order valence-corrected chi connectivity index (χ4v) is 4.74. The predicted octanol–water partition coefficient (Wildman–Crippen LogP) is 7.81. The Bertz CT molecular complexity index is 1210. The molecule has 0 amide bonds. The van der Waals surface area contributed by atoms with Gasteiger partial charge in [0.1, 0.15) is 0 Å². The lowest BCUT2D eigenvalue weighted by molar-refractivity contribution is -0.142. The molecular weight excluding hydrogens is 543 g/mol. The van der Waals surface area contributed by atoms with Crippen LogP contribution in [-0.4, -0.2) is 18.8 Å². The third-order valence-electron chi connectivity index (χ3n) is 6.40. The van der Waals surface area contributed by atoms with Crippen molar-refractivity contribution < 1.29 is 14.2 Å². The largest absolute Gasteiger partial charge is 0.402 e. The molecule has 7 heteroatoms. The van der Waals surface area contributed by atoms with Gasteiger partial charge < -0.3 is 25.7 Å². The minimum atomic E-state index is -0.158. The molecule has 1 fully saturated rings. The maximum absolute atomic E-state index is 6.53. The second kappa shape index (κ2) is 17.1. The van der Waals surface area contributed by atoms with Gasteiger partial charge in [-0.3, -0.25) is 0 Å². The Morgan fingerprint density at radius 2 is 1.55 bits per heavy atom. The first-order valence-corrected chi connectivity index (χ1v) is 14.5. The van der Waals surface area contributed by atoms with E-state index in [2.05, 4.69) is 30.3 Å². The van der Waals surface area contributed by atoms with Crippen molar-refractivity contribution in [3.63, 3.8) is 0 Å². The van der Waals surface area contributed by atoms with Gasteiger partial charge in [0, 0.05) is 30.0 Å². The maximum atomic E-state index is 6.53. The minimum absolute atomic E-state index is 0.0280. The Kier molecular flexibility index (Phi) is 13.6. The lowest BCUT2D eigenvalue weighted by atomic mass is 9.94. The number of allylic oxidation sites excluding steroid dienone is 3. The molecule has 0 saturated carbocycles. The molecule has 0 aromatic heterocycles. The molecule has 1 aliphatic heterocycles. The fourth-order valence-electron chi connectivity index (χ4n) is 4.50. The van der Waals surface area contributed by atoms with Gasteiger partial charge in [-0.2, -0.15) is 0 Å². The van der Waals surface area contributed by atoms with Crippen LogP contribution in [0.3, 0.4) is 0 Å². The Hall–Kier alpha value is -2.80. The molecule has 1 aliphatic rings. The average Bonchev–Trinajstić information content (AvgIpc) is 2.98. The summed E-state index contributed by atoms with van der Waals surface area (Å²) in [5.74, 6) is 0. The molecule has 3 aromatic rings. The smallest absolute Gasteiger partial charge is 0.0992 e. The first-order chi connectivity index (χ1) is 19.5. The summed E-state index contributed by atoms with van der Waals surface area (Å²) in [6.07, 6.45) is 5.00. The van der Waals surface area contributed by atoms with Crippen molar-refractivity contribution in [2.45, 2.75) is 64.6 Å². The molecular formula is C33H40Cl2N2O3. The molecule has 1 heterocycles. The summed E-state index contributed by atoms with van der Waals surface area (Å²) in [5, 5.41) is 0.814. The van der Waals surface area contributed by atoms with Crippen LogP contribution in [0.25, 0.3) is 0 Å². The number of ether oxygens (including phenoxy) is 3. The van der Waals surface area contributed by atoms with Gasteiger partial charge in [0.05, 0.1) is 43.3 Å². The van der Waals surface area contributed by atoms with E-state index in [1.165, 1.54) is 0 Å². The average molecular weight is 584 g/mol. The Morgan fingerprint density at radius 3 is 2.20 bits per heavy atom. The van der Waals surface area contributed by atoms with Crippen molar-refractivity contribution in [3.8, 4) is 0 Å². The van der Waals surface area contributed by atoms with E-state index in [4.69, 9.17) is 48.9 Å². The molecule has 214 valence electrons. The SMILES string of the molecule is CC.N/C(=C\C=C(/N)Cl)Cc1cc(C2CC(OCc3ccccc3)CC(COCc3ccccc3)O2)ccc1Cl. The van der Waals surface area contributed by atoms with E-state index in [1.54, 1.807) is 12.2 Å². The van der Waals surface area contributed by atoms with Crippen molar-refractivity contribution >= 4 is 23.2 Å². The van der Waals surface area contributed by atoms with Crippen molar-refractivity contribution in [3.05, 3.63) is 129 Å². The number of halogens is 2. The minimum Gasteiger partial charge on any atom is -0.402 e. The second-order valence-corrected chi connectivity index (χ2v) is 10.3. The highest BCUT2D eigenvalue weighted by atomic mass is 35.5. The zero-order chi connectivity index (χ0) is 28.7. The molecule has 0 spiro atoms. The van der Waals surface area contributed by atoms with Gasteiger partial charge in [0.15, 0.2) is 0 Å². The van der Waals surface area contributed by atoms with Crippen LogP contribution >= 0.6 is 23.2 Å². The van der Waals surface area contributed by atoms with Gasteiger partial charge in [0.25, 0.3) is 0 Å². The van der Waals surface area contributed by atoms with Crippen LogP contribution in [0.15, 0.2) is 102 Å². The Labute approximate surface area is 248 Å². The van der Waals surface area contributed by atoms with E-state index in [0.717, 1.165) is 35.1 Å². The number of hydrogen-bond acceptors (Lipinski definition) is 5. The number of benzene rings is 3. The highest BCUT2D eigenvalue weighted by Crippen LogP contribution is 2.35. The van der Waals surface area contributed by atoms with E-state index in [9.17, 15) is 0 Å². The van der Waals surface area contributed by atoms with Gasteiger partial charge in [-0.1, -0.05) is 110 Å². The third kappa shape index (κ3) is 10.6. The second-order valence-electron chi connectivity index (χ2n) is 9.46. The summed E-state index contributed by atoms with van der Waals surface area (Å²) in [5.41, 5.74) is 16.5. The highest BCUT2D eigenvalue weighted by molar-refractivity contribution is 6.31. The van der Waals surface area contributed by atoms with Gasteiger partial charge >= 0.3 is 0 Å². The lowest BCUT2D eigenvalue weighted by Crippen LogP contribution is -2.35. The van der Waals surface area contributed by atoms with Crippen LogP contribution in [0.1, 0.15) is 55.0 Å². The molecule has 40 heavy (non-hydrogen) atoms. The summed E-state index contributed by atoms with van der Waals surface area (Å²) in [4.78, 5) is 0. The topological polar surface area (TPSA) is 79.7 Å². The van der Waals surface area contributed by atoms with Gasteiger partial charge in [-0.25, -0.2) is 0 Å². The van der Waals surface area contributed by atoms with Crippen molar-refractivity contribution in [1.82, 2.24) is 0 Å². The molecule has 1 saturated heterocycles. The quantitative estimate of drug-likeness (QED) is 0.178. The normalized spacial score (nSPS) is 19.6. The standard InChI is InChI=1S/C31H34Cl2N2O3.C2H6/c32-29-13-11-24(15-25(29)16-26(34)12-14-31(33)35)30-18-27(37-20-23-9-5-2-6-10-23)17-28(38-30)21-36-19-22-7-3-1-4-8-22;1-2/h1-15,27-28,30H,16-21,34-35H2;1-2H3/b26-12-,31-14-;. The first-order valence-electron chi connectivity index (χ1n) is 13.7. The van der Waals surface area contributed by atoms with Crippen LogP contribution in [0.5, 0.6) is 0 Å². The molecule has 0 bridgehead atoms. The Balaban J connectivity index is 0.00000216. The van der Waals surface area contributed by atoms with Crippen LogP contribution in [0.4, 0.5) is 0 Å². The van der Waals surface area contributed by atoms with Crippen molar-refractivity contribution in [2.24, 2.45) is 11.5 Å². The van der Waals surface area contributed by atoms with E-state index in [0.29, 0.717) is 37.0 Å². The van der Waals surface area contributed by atoms with E-state index >= 15 is 0 Å². The molecule has 5 nitrogen and oxygen atoms in total. The molecule has 0 radical (unpaired) electrons. The van der Waals surface area contributed by atoms with E-state index < -0.39 is 0 Å². The molecule has 4 rings (SSSR count). The fraction of sp³-hybridized carbons (Fsp3) is 0.333. The van der Waals surface area contributed by atoms with E-state index in [-0.39, 0.29) is 23.5 Å². The highest BCUT2D eigenvalue weighted by Gasteiger charge is 2.31. The molecule has 0 aliphatic carbocycles. The Morgan fingerprint density at radius 1 is 0.900 bits per heavy atom. The monoisotopic (exact) mass is 582 g/mol. The van der Waals surface area contributed by atoms with Crippen molar-refractivity contribution in [1.29, 1.82) is 0 Å². The zero-order valence-corrected chi connectivity index (χ0v) is 24.8. The van der Waals surface area contributed by atoms with Crippen LogP contribution in [-0.2, 0) is 33.8 Å². The molecule has 3 aromatic carbocycles. The summed E-state index contributed by atoms with van der Waals surface area (Å²) in [6, 6.07) is 26.3. The summed E-state index contributed by atoms with van der Waals surface area (Å²) in [6.45, 7) is 5.58. The van der Waals surface area contributed by atoms with Crippen LogP contribution in [0, 0.1) is 0 Å². The van der Waals surface area contributed by atoms with Crippen LogP contribution < -0.4 is 11.5 Å².